The van der Waals surface area contributed by atoms with Crippen LogP contribution in [0.2, 0.25) is 10.0 Å². The molecule has 5 nitrogen and oxygen atoms in total. The summed E-state index contributed by atoms with van der Waals surface area (Å²) in [6.45, 7) is 0.339. The molecule has 3 aromatic rings. The maximum Gasteiger partial charge on any atom is 0.357 e. The second-order valence-corrected chi connectivity index (χ2v) is 5.77. The first-order valence-corrected chi connectivity index (χ1v) is 7.47. The molecule has 0 unspecified atom stereocenters. The lowest BCUT2D eigenvalue weighted by Gasteiger charge is -2.07. The Morgan fingerprint density at radius 3 is 2.70 bits per heavy atom. The van der Waals surface area contributed by atoms with Gasteiger partial charge in [-0.25, -0.2) is 4.79 Å². The fourth-order valence-electron chi connectivity index (χ4n) is 2.38. The number of benzene rings is 2. The molecule has 0 saturated carbocycles. The maximum atomic E-state index is 11.4. The van der Waals surface area contributed by atoms with Crippen molar-refractivity contribution in [1.29, 1.82) is 0 Å². The first-order valence-electron chi connectivity index (χ1n) is 6.71. The zero-order valence-electron chi connectivity index (χ0n) is 12.1. The fourth-order valence-corrected chi connectivity index (χ4v) is 2.84. The number of methoxy groups -OCH3 is 1. The summed E-state index contributed by atoms with van der Waals surface area (Å²) in [4.78, 5) is 11.4. The number of nitrogens with zero attached hydrogens (tertiary/aromatic N) is 2. The van der Waals surface area contributed by atoms with Crippen LogP contribution in [0.15, 0.2) is 36.4 Å². The molecule has 1 N–H and O–H groups in total. The Labute approximate surface area is 142 Å². The number of halogens is 2. The molecule has 0 aliphatic rings. The molecule has 2 aromatic carbocycles. The number of hydrogen-bond acceptors (Lipinski definition) is 3. The van der Waals surface area contributed by atoms with Crippen molar-refractivity contribution in [2.75, 3.05) is 7.11 Å². The molecule has 0 amide bonds. The van der Waals surface area contributed by atoms with Gasteiger partial charge in [0.05, 0.1) is 19.2 Å². The molecular weight excluding hydrogens is 339 g/mol. The highest BCUT2D eigenvalue weighted by Gasteiger charge is 2.17. The summed E-state index contributed by atoms with van der Waals surface area (Å²) >= 11 is 12.1. The highest BCUT2D eigenvalue weighted by atomic mass is 35.5. The van der Waals surface area contributed by atoms with Crippen molar-refractivity contribution in [3.05, 3.63) is 57.7 Å². The largest absolute Gasteiger partial charge is 0.497 e. The summed E-state index contributed by atoms with van der Waals surface area (Å²) in [5.74, 6) is -0.520. The second kappa shape index (κ2) is 6.10. The first-order chi connectivity index (χ1) is 11.0. The average Bonchev–Trinajstić information content (AvgIpc) is 2.88. The highest BCUT2D eigenvalue weighted by Crippen LogP contribution is 2.27. The molecule has 0 radical (unpaired) electrons. The van der Waals surface area contributed by atoms with Crippen molar-refractivity contribution in [2.45, 2.75) is 6.54 Å². The molecule has 3 rings (SSSR count). The van der Waals surface area contributed by atoms with Crippen LogP contribution in [0.25, 0.3) is 10.9 Å². The van der Waals surface area contributed by atoms with E-state index in [1.54, 1.807) is 41.1 Å². The summed E-state index contributed by atoms with van der Waals surface area (Å²) in [6, 6.07) is 10.4. The summed E-state index contributed by atoms with van der Waals surface area (Å²) in [6.07, 6.45) is 0. The SMILES string of the molecule is COc1ccc2c(c1)c(C(=O)O)nn2Cc1ccc(Cl)cc1Cl. The highest BCUT2D eigenvalue weighted by molar-refractivity contribution is 6.35. The van der Waals surface area contributed by atoms with Crippen LogP contribution in [0.1, 0.15) is 16.1 Å². The van der Waals surface area contributed by atoms with Gasteiger partial charge in [-0.2, -0.15) is 5.10 Å². The first kappa shape index (κ1) is 15.6. The monoisotopic (exact) mass is 350 g/mol. The van der Waals surface area contributed by atoms with Crippen LogP contribution < -0.4 is 4.74 Å². The zero-order valence-corrected chi connectivity index (χ0v) is 13.6. The number of hydrogen-bond donors (Lipinski definition) is 1. The second-order valence-electron chi connectivity index (χ2n) is 4.93. The van der Waals surface area contributed by atoms with E-state index in [0.717, 1.165) is 5.56 Å². The number of aromatic carboxylic acids is 1. The predicted octanol–water partition coefficient (Wildman–Crippen LogP) is 4.10. The number of ether oxygens (including phenoxy) is 1. The van der Waals surface area contributed by atoms with Crippen LogP contribution in [-0.2, 0) is 6.54 Å². The van der Waals surface area contributed by atoms with Gasteiger partial charge in [0.15, 0.2) is 5.69 Å². The summed E-state index contributed by atoms with van der Waals surface area (Å²) in [5, 5.41) is 15.1. The third-order valence-corrected chi connectivity index (χ3v) is 4.08. The molecule has 7 heteroatoms. The zero-order chi connectivity index (χ0) is 16.6. The van der Waals surface area contributed by atoms with Crippen LogP contribution in [-0.4, -0.2) is 28.0 Å². The minimum Gasteiger partial charge on any atom is -0.497 e. The third-order valence-electron chi connectivity index (χ3n) is 3.50. The Morgan fingerprint density at radius 2 is 2.04 bits per heavy atom. The molecule has 0 aliphatic carbocycles. The van der Waals surface area contributed by atoms with Gasteiger partial charge in [-0.05, 0) is 35.9 Å². The lowest BCUT2D eigenvalue weighted by molar-refractivity contribution is 0.0691. The maximum absolute atomic E-state index is 11.4. The molecule has 118 valence electrons. The summed E-state index contributed by atoms with van der Waals surface area (Å²) < 4.78 is 6.76. The van der Waals surface area contributed by atoms with Gasteiger partial charge in [-0.1, -0.05) is 29.3 Å². The molecule has 0 fully saturated rings. The van der Waals surface area contributed by atoms with E-state index < -0.39 is 5.97 Å². The van der Waals surface area contributed by atoms with Gasteiger partial charge in [0.25, 0.3) is 0 Å². The Bertz CT molecular complexity index is 906. The number of carboxylic acids is 1. The molecule has 0 aliphatic heterocycles. The molecule has 0 saturated heterocycles. The lowest BCUT2D eigenvalue weighted by Crippen LogP contribution is -2.05. The molecular formula is C16H12Cl2N2O3. The molecule has 0 spiro atoms. The van der Waals surface area contributed by atoms with E-state index in [-0.39, 0.29) is 5.69 Å². The standard InChI is InChI=1S/C16H12Cl2N2O3/c1-23-11-4-5-14-12(7-11)15(16(21)22)19-20(14)8-9-2-3-10(17)6-13(9)18/h2-7H,8H2,1H3,(H,21,22). The van der Waals surface area contributed by atoms with E-state index >= 15 is 0 Å². The van der Waals surface area contributed by atoms with E-state index in [4.69, 9.17) is 27.9 Å². The van der Waals surface area contributed by atoms with Crippen LogP contribution in [0.5, 0.6) is 5.75 Å². The van der Waals surface area contributed by atoms with E-state index in [9.17, 15) is 9.90 Å². The van der Waals surface area contributed by atoms with Gasteiger partial charge >= 0.3 is 5.97 Å². The van der Waals surface area contributed by atoms with Crippen LogP contribution in [0, 0.1) is 0 Å². The van der Waals surface area contributed by atoms with E-state index in [1.807, 2.05) is 0 Å². The van der Waals surface area contributed by atoms with Gasteiger partial charge in [-0.3, -0.25) is 4.68 Å². The van der Waals surface area contributed by atoms with Crippen molar-refractivity contribution in [3.8, 4) is 5.75 Å². The van der Waals surface area contributed by atoms with E-state index in [2.05, 4.69) is 5.10 Å². The fraction of sp³-hybridized carbons (Fsp3) is 0.125. The number of aromatic nitrogens is 2. The van der Waals surface area contributed by atoms with Crippen LogP contribution in [0.4, 0.5) is 0 Å². The lowest BCUT2D eigenvalue weighted by atomic mass is 10.2. The van der Waals surface area contributed by atoms with Crippen molar-refractivity contribution in [1.82, 2.24) is 9.78 Å². The van der Waals surface area contributed by atoms with Gasteiger partial charge in [-0.15, -0.1) is 0 Å². The number of rotatable bonds is 4. The Balaban J connectivity index is 2.12. The minimum absolute atomic E-state index is 0.0241. The van der Waals surface area contributed by atoms with E-state index in [0.29, 0.717) is 33.2 Å². The van der Waals surface area contributed by atoms with Gasteiger partial charge in [0, 0.05) is 15.4 Å². The van der Waals surface area contributed by atoms with E-state index in [1.165, 1.54) is 7.11 Å². The summed E-state index contributed by atoms with van der Waals surface area (Å²) in [5.41, 5.74) is 1.46. The van der Waals surface area contributed by atoms with Crippen LogP contribution >= 0.6 is 23.2 Å². The minimum atomic E-state index is -1.09. The van der Waals surface area contributed by atoms with Gasteiger partial charge < -0.3 is 9.84 Å². The molecule has 23 heavy (non-hydrogen) atoms. The third kappa shape index (κ3) is 2.98. The van der Waals surface area contributed by atoms with Gasteiger partial charge in [0.2, 0.25) is 0 Å². The Morgan fingerprint density at radius 1 is 1.26 bits per heavy atom. The average molecular weight is 351 g/mol. The number of carboxylic acid groups (broad SMARTS) is 1. The topological polar surface area (TPSA) is 64.3 Å². The number of carbonyl (C=O) groups is 1. The number of fused-ring (bicyclic) bond motifs is 1. The molecule has 1 heterocycles. The Kier molecular flexibility index (Phi) is 4.15. The normalized spacial score (nSPS) is 10.9. The van der Waals surface area contributed by atoms with Crippen LogP contribution in [0.3, 0.4) is 0 Å². The van der Waals surface area contributed by atoms with Crippen molar-refractivity contribution < 1.29 is 14.6 Å². The molecule has 0 bridgehead atoms. The Hall–Kier alpha value is -2.24. The summed E-state index contributed by atoms with van der Waals surface area (Å²) in [7, 11) is 1.53. The van der Waals surface area contributed by atoms with Crippen molar-refractivity contribution in [3.63, 3.8) is 0 Å². The quantitative estimate of drug-likeness (QED) is 0.769. The smallest absolute Gasteiger partial charge is 0.357 e. The van der Waals surface area contributed by atoms with Crippen molar-refractivity contribution in [2.24, 2.45) is 0 Å². The molecule has 1 aromatic heterocycles. The van der Waals surface area contributed by atoms with Crippen molar-refractivity contribution >= 4 is 40.1 Å². The van der Waals surface area contributed by atoms with Gasteiger partial charge in [0.1, 0.15) is 5.75 Å². The predicted molar refractivity (Wildman–Crippen MR) is 88.8 cm³/mol. The molecule has 0 atom stereocenters.